The second-order valence-corrected chi connectivity index (χ2v) is 7.46. The van der Waals surface area contributed by atoms with Gasteiger partial charge >= 0.3 is 5.97 Å². The van der Waals surface area contributed by atoms with Crippen LogP contribution in [0.15, 0.2) is 18.2 Å². The minimum Gasteiger partial charge on any atom is -0.493 e. The molecule has 1 atom stereocenters. The van der Waals surface area contributed by atoms with Crippen LogP contribution in [-0.2, 0) is 11.2 Å². The normalized spacial score (nSPS) is 15.7. The lowest BCUT2D eigenvalue weighted by Crippen LogP contribution is -2.18. The van der Waals surface area contributed by atoms with Crippen LogP contribution in [0.2, 0.25) is 0 Å². The quantitative estimate of drug-likeness (QED) is 0.518. The van der Waals surface area contributed by atoms with Crippen LogP contribution in [0.1, 0.15) is 76.2 Å². The molecule has 1 heterocycles. The lowest BCUT2D eigenvalue weighted by Gasteiger charge is -2.23. The summed E-state index contributed by atoms with van der Waals surface area (Å²) in [5.74, 6) is 0.972. The molecule has 1 aromatic heterocycles. The molecule has 2 aromatic rings. The first kappa shape index (κ1) is 21.0. The van der Waals surface area contributed by atoms with E-state index in [1.165, 1.54) is 0 Å². The molecule has 1 aliphatic carbocycles. The first-order chi connectivity index (χ1) is 14.0. The number of ether oxygens (including phenoxy) is 3. The van der Waals surface area contributed by atoms with E-state index >= 15 is 0 Å². The van der Waals surface area contributed by atoms with Crippen molar-refractivity contribution in [3.63, 3.8) is 0 Å². The third-order valence-corrected chi connectivity index (χ3v) is 5.55. The fourth-order valence-electron chi connectivity index (χ4n) is 3.97. The minimum absolute atomic E-state index is 0.0151. The van der Waals surface area contributed by atoms with Crippen molar-refractivity contribution in [2.24, 2.45) is 0 Å². The van der Waals surface area contributed by atoms with Crippen LogP contribution >= 0.6 is 0 Å². The van der Waals surface area contributed by atoms with Gasteiger partial charge in [0.2, 0.25) is 0 Å². The van der Waals surface area contributed by atoms with Crippen molar-refractivity contribution < 1.29 is 23.8 Å². The zero-order chi connectivity index (χ0) is 21.0. The van der Waals surface area contributed by atoms with Gasteiger partial charge in [0, 0.05) is 17.7 Å². The van der Waals surface area contributed by atoms with E-state index in [9.17, 15) is 9.59 Å². The number of H-pyrrole nitrogens is 1. The average molecular weight is 399 g/mol. The molecule has 1 aromatic carbocycles. The number of aromatic nitrogens is 1. The molecule has 0 bridgehead atoms. The number of methoxy groups -OCH3 is 2. The number of Topliss-reactive ketones (excluding diaryl/α,β-unsaturated/α-hetero) is 1. The van der Waals surface area contributed by atoms with E-state index in [2.05, 4.69) is 11.9 Å². The second kappa shape index (κ2) is 9.16. The lowest BCUT2D eigenvalue weighted by molar-refractivity contribution is 0.0491. The summed E-state index contributed by atoms with van der Waals surface area (Å²) in [5, 5.41) is 0. The fourth-order valence-corrected chi connectivity index (χ4v) is 3.97. The Hall–Kier alpha value is -2.76. The second-order valence-electron chi connectivity index (χ2n) is 7.46. The Labute approximate surface area is 171 Å². The van der Waals surface area contributed by atoms with Crippen LogP contribution in [0.3, 0.4) is 0 Å². The molecule has 1 N–H and O–H groups in total. The molecule has 0 spiro atoms. The summed E-state index contributed by atoms with van der Waals surface area (Å²) < 4.78 is 16.1. The van der Waals surface area contributed by atoms with Gasteiger partial charge in [-0.05, 0) is 48.9 Å². The molecule has 156 valence electrons. The first-order valence-electron chi connectivity index (χ1n) is 10.1. The Kier molecular flexibility index (Phi) is 6.62. The zero-order valence-electron chi connectivity index (χ0n) is 17.6. The Morgan fingerprint density at radius 2 is 1.90 bits per heavy atom. The van der Waals surface area contributed by atoms with E-state index in [4.69, 9.17) is 14.2 Å². The number of aromatic amines is 1. The number of ketones is 1. The van der Waals surface area contributed by atoms with Crippen LogP contribution in [0.25, 0.3) is 0 Å². The highest BCUT2D eigenvalue weighted by atomic mass is 16.5. The predicted molar refractivity (Wildman–Crippen MR) is 110 cm³/mol. The third-order valence-electron chi connectivity index (χ3n) is 5.55. The molecule has 0 amide bonds. The number of hydrogen-bond acceptors (Lipinski definition) is 5. The number of benzene rings is 1. The van der Waals surface area contributed by atoms with Gasteiger partial charge < -0.3 is 19.2 Å². The summed E-state index contributed by atoms with van der Waals surface area (Å²) in [4.78, 5) is 28.5. The van der Waals surface area contributed by atoms with Gasteiger partial charge in [0.1, 0.15) is 5.69 Å². The van der Waals surface area contributed by atoms with Gasteiger partial charge in [-0.1, -0.05) is 25.8 Å². The molecule has 0 radical (unpaired) electrons. The first-order valence-corrected chi connectivity index (χ1v) is 10.1. The van der Waals surface area contributed by atoms with Crippen molar-refractivity contribution in [1.29, 1.82) is 0 Å². The van der Waals surface area contributed by atoms with Crippen molar-refractivity contribution in [2.75, 3.05) is 20.8 Å². The van der Waals surface area contributed by atoms with E-state index in [-0.39, 0.29) is 17.7 Å². The van der Waals surface area contributed by atoms with Crippen LogP contribution < -0.4 is 9.47 Å². The maximum atomic E-state index is 12.9. The number of rotatable bonds is 8. The summed E-state index contributed by atoms with van der Waals surface area (Å²) in [6.07, 6.45) is 3.99. The van der Waals surface area contributed by atoms with Gasteiger partial charge in [0.15, 0.2) is 17.3 Å². The number of carbonyl (C=O) groups excluding carboxylic acids is 2. The maximum Gasteiger partial charge on any atom is 0.355 e. The number of esters is 1. The molecule has 29 heavy (non-hydrogen) atoms. The highest BCUT2D eigenvalue weighted by Crippen LogP contribution is 2.38. The molecule has 0 saturated carbocycles. The molecule has 1 unspecified atom stereocenters. The molecule has 0 aliphatic heterocycles. The van der Waals surface area contributed by atoms with Crippen molar-refractivity contribution in [3.8, 4) is 11.5 Å². The van der Waals surface area contributed by atoms with Crippen LogP contribution in [0.5, 0.6) is 11.5 Å². The van der Waals surface area contributed by atoms with Crippen molar-refractivity contribution in [1.82, 2.24) is 4.98 Å². The molecule has 0 fully saturated rings. The summed E-state index contributed by atoms with van der Waals surface area (Å²) in [6, 6.07) is 5.73. The number of unbranched alkanes of at least 4 members (excludes halogenated alkanes) is 2. The SMILES string of the molecule is CCCCCOC(=O)c1[nH]c2c(c1C)C(=O)CC(c1ccc(OC)c(OC)c1)C2. The molecular weight excluding hydrogens is 370 g/mol. The smallest absolute Gasteiger partial charge is 0.355 e. The summed E-state index contributed by atoms with van der Waals surface area (Å²) in [5.41, 5.74) is 3.54. The molecule has 3 rings (SSSR count). The van der Waals surface area contributed by atoms with Gasteiger partial charge in [-0.25, -0.2) is 4.79 Å². The van der Waals surface area contributed by atoms with E-state index in [0.29, 0.717) is 47.8 Å². The molecule has 6 heteroatoms. The van der Waals surface area contributed by atoms with Crippen LogP contribution in [-0.4, -0.2) is 37.6 Å². The largest absolute Gasteiger partial charge is 0.493 e. The van der Waals surface area contributed by atoms with E-state index in [1.807, 2.05) is 25.1 Å². The Bertz CT molecular complexity index is 899. The maximum absolute atomic E-state index is 12.9. The topological polar surface area (TPSA) is 77.6 Å². The summed E-state index contributed by atoms with van der Waals surface area (Å²) >= 11 is 0. The highest BCUT2D eigenvalue weighted by molar-refractivity contribution is 6.03. The fraction of sp³-hybridized carbons (Fsp3) is 0.478. The van der Waals surface area contributed by atoms with Crippen molar-refractivity contribution in [2.45, 2.75) is 51.9 Å². The van der Waals surface area contributed by atoms with Gasteiger partial charge in [-0.2, -0.15) is 0 Å². The van der Waals surface area contributed by atoms with E-state index in [1.54, 1.807) is 14.2 Å². The Morgan fingerprint density at radius 1 is 1.14 bits per heavy atom. The standard InChI is InChI=1S/C23H29NO5/c1-5-6-7-10-29-23(26)22-14(2)21-17(24-22)11-16(12-18(21)25)15-8-9-19(27-3)20(13-15)28-4/h8-9,13,16,24H,5-7,10-12H2,1-4H3. The Morgan fingerprint density at radius 3 is 2.59 bits per heavy atom. The molecular formula is C23H29NO5. The molecule has 6 nitrogen and oxygen atoms in total. The van der Waals surface area contributed by atoms with Gasteiger partial charge in [-0.15, -0.1) is 0 Å². The van der Waals surface area contributed by atoms with Crippen LogP contribution in [0, 0.1) is 6.92 Å². The van der Waals surface area contributed by atoms with E-state index in [0.717, 1.165) is 30.5 Å². The van der Waals surface area contributed by atoms with E-state index < -0.39 is 0 Å². The average Bonchev–Trinajstić information content (AvgIpc) is 3.07. The minimum atomic E-state index is -0.386. The van der Waals surface area contributed by atoms with Gasteiger partial charge in [-0.3, -0.25) is 4.79 Å². The molecule has 0 saturated heterocycles. The third kappa shape index (κ3) is 4.31. The number of nitrogens with one attached hydrogen (secondary N) is 1. The highest BCUT2D eigenvalue weighted by Gasteiger charge is 2.32. The number of fused-ring (bicyclic) bond motifs is 1. The Balaban J connectivity index is 1.81. The van der Waals surface area contributed by atoms with Gasteiger partial charge in [0.25, 0.3) is 0 Å². The number of carbonyl (C=O) groups is 2. The summed E-state index contributed by atoms with van der Waals surface area (Å²) in [7, 11) is 3.19. The number of hydrogen-bond donors (Lipinski definition) is 1. The predicted octanol–water partition coefficient (Wildman–Crippen LogP) is 4.60. The zero-order valence-corrected chi connectivity index (χ0v) is 17.6. The van der Waals surface area contributed by atoms with Crippen LogP contribution in [0.4, 0.5) is 0 Å². The van der Waals surface area contributed by atoms with Gasteiger partial charge in [0.05, 0.1) is 20.8 Å². The summed E-state index contributed by atoms with van der Waals surface area (Å²) in [6.45, 7) is 4.32. The molecule has 1 aliphatic rings. The monoisotopic (exact) mass is 399 g/mol. The lowest BCUT2D eigenvalue weighted by atomic mass is 9.81. The van der Waals surface area contributed by atoms with Crippen molar-refractivity contribution in [3.05, 3.63) is 46.3 Å². The van der Waals surface area contributed by atoms with Crippen molar-refractivity contribution >= 4 is 11.8 Å².